The Balaban J connectivity index is 0.00000480. The first kappa shape index (κ1) is 34.6. The van der Waals surface area contributed by atoms with Crippen molar-refractivity contribution in [2.24, 2.45) is 5.92 Å². The number of unbranched alkanes of at least 4 members (excludes halogenated alkanes) is 2. The van der Waals surface area contributed by atoms with Crippen molar-refractivity contribution in [2.45, 2.75) is 90.3 Å². The topological polar surface area (TPSA) is 139 Å². The number of nitrogens with one attached hydrogen (secondary N) is 4. The van der Waals surface area contributed by atoms with Crippen LogP contribution in [0.4, 0.5) is 4.79 Å². The van der Waals surface area contributed by atoms with Gasteiger partial charge in [-0.3, -0.25) is 4.79 Å². The number of aryl methyl sites for hydroxylation is 1. The minimum Gasteiger partial charge on any atom is -0.465 e. The number of hydrogen-bond donors (Lipinski definition) is 5. The smallest absolute Gasteiger partial charge is 0.405 e. The van der Waals surface area contributed by atoms with Gasteiger partial charge in [0.15, 0.2) is 0 Å². The summed E-state index contributed by atoms with van der Waals surface area (Å²) in [6.45, 7) is 7.47. The third-order valence-electron chi connectivity index (χ3n) is 8.57. The molecule has 11 heteroatoms. The maximum Gasteiger partial charge on any atom is 0.405 e. The number of imidazole rings is 2. The van der Waals surface area contributed by atoms with Crippen LogP contribution >= 0.6 is 12.4 Å². The van der Waals surface area contributed by atoms with E-state index >= 15 is 0 Å². The van der Waals surface area contributed by atoms with Gasteiger partial charge in [-0.1, -0.05) is 45.6 Å². The number of aromatic nitrogens is 4. The van der Waals surface area contributed by atoms with E-state index in [0.29, 0.717) is 12.4 Å². The Bertz CT molecular complexity index is 1620. The summed E-state index contributed by atoms with van der Waals surface area (Å²) in [6, 6.07) is 5.51. The van der Waals surface area contributed by atoms with Gasteiger partial charge in [0.25, 0.3) is 0 Å². The Labute approximate surface area is 277 Å². The van der Waals surface area contributed by atoms with Crippen molar-refractivity contribution in [3.63, 3.8) is 0 Å². The number of hydrogen-bond acceptors (Lipinski definition) is 5. The number of carbonyl (C=O) groups excluding carboxylic acids is 1. The summed E-state index contributed by atoms with van der Waals surface area (Å²) in [5, 5.41) is 15.1. The van der Waals surface area contributed by atoms with Gasteiger partial charge in [0.05, 0.1) is 30.2 Å². The van der Waals surface area contributed by atoms with E-state index in [1.165, 1.54) is 5.56 Å². The number of rotatable bonds is 10. The standard InChI is InChI=1S/C35H43N7O3.ClH/c1-4-5-6-12-25-20-26(17-16-24(25)11-7-8-13-27-21-37-32(39-27)28-14-9-18-36-28)29-22-38-33(40-29)30-15-10-19-42(30)34(43)31(23(2)3)41-35(44)45;/h16-17,20-23,28,30-31,36,41H,4-6,9-10,12,14-15,18-19H2,1-3H3,(H,37,39)(H,38,40)(H,44,45);1H/t28?,30?,31-;/m0./s1. The molecule has 10 nitrogen and oxygen atoms in total. The number of amides is 2. The molecule has 2 aliphatic rings. The van der Waals surface area contributed by atoms with Crippen molar-refractivity contribution in [1.29, 1.82) is 0 Å². The number of aromatic amines is 2. The van der Waals surface area contributed by atoms with Gasteiger partial charge in [-0.2, -0.15) is 0 Å². The van der Waals surface area contributed by atoms with E-state index in [2.05, 4.69) is 67.2 Å². The monoisotopic (exact) mass is 645 g/mol. The van der Waals surface area contributed by atoms with Crippen LogP contribution in [0.25, 0.3) is 11.3 Å². The van der Waals surface area contributed by atoms with Crippen molar-refractivity contribution in [1.82, 2.24) is 35.5 Å². The predicted octanol–water partition coefficient (Wildman–Crippen LogP) is 5.74. The van der Waals surface area contributed by atoms with Crippen molar-refractivity contribution in [3.8, 4) is 34.9 Å². The van der Waals surface area contributed by atoms with Gasteiger partial charge in [-0.15, -0.1) is 12.4 Å². The van der Waals surface area contributed by atoms with Gasteiger partial charge in [0.1, 0.15) is 23.4 Å². The van der Waals surface area contributed by atoms with Crippen LogP contribution in [0.15, 0.2) is 30.6 Å². The van der Waals surface area contributed by atoms with Crippen LogP contribution in [-0.4, -0.2) is 61.1 Å². The molecule has 2 saturated heterocycles. The highest BCUT2D eigenvalue weighted by Gasteiger charge is 2.37. The SMILES string of the molecule is CCCCCc1cc(-c2cnc(C3CCCN3C(=O)[C@@H](NC(=O)O)C(C)C)[nH]2)ccc1C#CC#Cc1cnc(C2CCCN2)[nH]1.Cl. The van der Waals surface area contributed by atoms with Crippen molar-refractivity contribution < 1.29 is 14.7 Å². The van der Waals surface area contributed by atoms with Crippen molar-refractivity contribution in [3.05, 3.63) is 59.1 Å². The molecule has 0 aliphatic carbocycles. The van der Waals surface area contributed by atoms with E-state index in [4.69, 9.17) is 0 Å². The Morgan fingerprint density at radius 1 is 1.07 bits per heavy atom. The lowest BCUT2D eigenvalue weighted by molar-refractivity contribution is -0.135. The van der Waals surface area contributed by atoms with Crippen LogP contribution in [0, 0.1) is 29.6 Å². The van der Waals surface area contributed by atoms with E-state index < -0.39 is 12.1 Å². The fourth-order valence-electron chi connectivity index (χ4n) is 6.14. The van der Waals surface area contributed by atoms with Gasteiger partial charge >= 0.3 is 6.09 Å². The zero-order chi connectivity index (χ0) is 31.8. The number of halogens is 1. The van der Waals surface area contributed by atoms with Gasteiger partial charge in [-0.25, -0.2) is 14.8 Å². The highest BCUT2D eigenvalue weighted by molar-refractivity contribution is 5.86. The molecule has 244 valence electrons. The molecule has 3 atom stereocenters. The predicted molar refractivity (Wildman–Crippen MR) is 180 cm³/mol. The molecule has 2 aliphatic heterocycles. The molecule has 2 fully saturated rings. The average molecular weight is 646 g/mol. The normalized spacial score (nSPS) is 17.9. The number of benzene rings is 1. The largest absolute Gasteiger partial charge is 0.465 e. The first-order valence-electron chi connectivity index (χ1n) is 16.1. The molecule has 4 heterocycles. The number of carbonyl (C=O) groups is 2. The molecular formula is C35H44ClN7O3. The lowest BCUT2D eigenvalue weighted by Crippen LogP contribution is -2.50. The van der Waals surface area contributed by atoms with E-state index in [0.717, 1.165) is 86.3 Å². The summed E-state index contributed by atoms with van der Waals surface area (Å²) < 4.78 is 0. The highest BCUT2D eigenvalue weighted by atomic mass is 35.5. The quantitative estimate of drug-likeness (QED) is 0.141. The van der Waals surface area contributed by atoms with Crippen LogP contribution in [0.2, 0.25) is 0 Å². The molecule has 46 heavy (non-hydrogen) atoms. The molecule has 3 aromatic rings. The van der Waals surface area contributed by atoms with Crippen LogP contribution in [-0.2, 0) is 11.2 Å². The fourth-order valence-corrected chi connectivity index (χ4v) is 6.14. The van der Waals surface area contributed by atoms with Crippen molar-refractivity contribution >= 4 is 24.4 Å². The first-order valence-corrected chi connectivity index (χ1v) is 16.1. The summed E-state index contributed by atoms with van der Waals surface area (Å²) in [4.78, 5) is 42.4. The Hall–Kier alpha value is -4.25. The minimum absolute atomic E-state index is 0. The lowest BCUT2D eigenvalue weighted by Gasteiger charge is -2.29. The molecule has 5 rings (SSSR count). The number of likely N-dealkylation sites (tertiary alicyclic amines) is 1. The minimum atomic E-state index is -1.20. The van der Waals surface area contributed by atoms with E-state index in [1.54, 1.807) is 11.1 Å². The molecule has 2 unspecified atom stereocenters. The van der Waals surface area contributed by atoms with Crippen LogP contribution in [0.3, 0.4) is 0 Å². The fraction of sp³-hybridized carbons (Fsp3) is 0.486. The van der Waals surface area contributed by atoms with Crippen LogP contribution < -0.4 is 10.6 Å². The molecule has 2 amide bonds. The number of H-pyrrole nitrogens is 2. The summed E-state index contributed by atoms with van der Waals surface area (Å²) in [5.74, 6) is 13.6. The third kappa shape index (κ3) is 8.51. The number of nitrogens with zero attached hydrogens (tertiary/aromatic N) is 3. The second-order valence-corrected chi connectivity index (χ2v) is 12.2. The lowest BCUT2D eigenvalue weighted by atomic mass is 9.98. The van der Waals surface area contributed by atoms with Gasteiger partial charge in [0.2, 0.25) is 5.91 Å². The molecule has 2 aromatic heterocycles. The summed E-state index contributed by atoms with van der Waals surface area (Å²) >= 11 is 0. The van der Waals surface area contributed by atoms with Gasteiger partial charge in [-0.05, 0) is 92.0 Å². The third-order valence-corrected chi connectivity index (χ3v) is 8.57. The molecule has 0 radical (unpaired) electrons. The van der Waals surface area contributed by atoms with E-state index in [-0.39, 0.29) is 36.3 Å². The van der Waals surface area contributed by atoms with Crippen LogP contribution in [0.5, 0.6) is 0 Å². The summed E-state index contributed by atoms with van der Waals surface area (Å²) in [6.07, 6.45) is 10.5. The Morgan fingerprint density at radius 2 is 1.87 bits per heavy atom. The molecular weight excluding hydrogens is 602 g/mol. The summed E-state index contributed by atoms with van der Waals surface area (Å²) in [7, 11) is 0. The molecule has 0 saturated carbocycles. The second-order valence-electron chi connectivity index (χ2n) is 12.2. The number of carboxylic acid groups (broad SMARTS) is 1. The Morgan fingerprint density at radius 3 is 2.61 bits per heavy atom. The molecule has 5 N–H and O–H groups in total. The Kier molecular flexibility index (Phi) is 12.3. The maximum atomic E-state index is 13.4. The maximum absolute atomic E-state index is 13.4. The summed E-state index contributed by atoms with van der Waals surface area (Å²) in [5.41, 5.74) is 4.77. The second kappa shape index (κ2) is 16.4. The van der Waals surface area contributed by atoms with E-state index in [1.807, 2.05) is 32.2 Å². The average Bonchev–Trinajstić information content (AvgIpc) is 3.85. The van der Waals surface area contributed by atoms with Gasteiger partial charge < -0.3 is 30.6 Å². The van der Waals surface area contributed by atoms with Crippen LogP contribution in [0.1, 0.15) is 106 Å². The van der Waals surface area contributed by atoms with Gasteiger partial charge in [0, 0.05) is 12.1 Å². The van der Waals surface area contributed by atoms with Crippen molar-refractivity contribution in [2.75, 3.05) is 13.1 Å². The molecule has 0 bridgehead atoms. The molecule has 1 aromatic carbocycles. The zero-order valence-electron chi connectivity index (χ0n) is 26.8. The van der Waals surface area contributed by atoms with E-state index in [9.17, 15) is 14.7 Å². The first-order chi connectivity index (χ1) is 21.8. The zero-order valence-corrected chi connectivity index (χ0v) is 27.6. The highest BCUT2D eigenvalue weighted by Crippen LogP contribution is 2.33. The molecule has 0 spiro atoms.